The summed E-state index contributed by atoms with van der Waals surface area (Å²) in [5, 5.41) is 6.93. The quantitative estimate of drug-likeness (QED) is 0.556. The van der Waals surface area contributed by atoms with Gasteiger partial charge in [0, 0.05) is 16.5 Å². The Labute approximate surface area is 135 Å². The molecule has 23 heavy (non-hydrogen) atoms. The van der Waals surface area contributed by atoms with E-state index in [2.05, 4.69) is 83.7 Å². The summed E-state index contributed by atoms with van der Waals surface area (Å²) >= 11 is 0. The summed E-state index contributed by atoms with van der Waals surface area (Å²) in [6.07, 6.45) is 1.62. The topological polar surface area (TPSA) is 37.8 Å². The number of nitrogens with one attached hydrogen (secondary N) is 1. The van der Waals surface area contributed by atoms with Crippen molar-refractivity contribution in [2.75, 3.05) is 5.32 Å². The standard InChI is InChI=1S/C20H17N3/c1-13-10-17-19(11-14(13)2)21-12-22-20(17)23-18-9-5-7-15-6-3-4-8-16(15)18/h3-12H,1-2H3,(H,21,22,23). The molecule has 3 nitrogen and oxygen atoms in total. The molecule has 3 heteroatoms. The Kier molecular flexibility index (Phi) is 3.19. The third-order valence-electron chi connectivity index (χ3n) is 4.29. The van der Waals surface area contributed by atoms with Crippen LogP contribution in [-0.4, -0.2) is 9.97 Å². The zero-order valence-electron chi connectivity index (χ0n) is 13.2. The number of aryl methyl sites for hydroxylation is 2. The van der Waals surface area contributed by atoms with Crippen molar-refractivity contribution in [1.29, 1.82) is 0 Å². The van der Waals surface area contributed by atoms with E-state index < -0.39 is 0 Å². The molecule has 0 amide bonds. The Bertz CT molecular complexity index is 1020. The maximum atomic E-state index is 4.46. The van der Waals surface area contributed by atoms with Crippen LogP contribution in [0, 0.1) is 13.8 Å². The summed E-state index contributed by atoms with van der Waals surface area (Å²) in [7, 11) is 0. The summed E-state index contributed by atoms with van der Waals surface area (Å²) in [4.78, 5) is 8.85. The van der Waals surface area contributed by atoms with Crippen molar-refractivity contribution in [2.45, 2.75) is 13.8 Å². The summed E-state index contributed by atoms with van der Waals surface area (Å²) in [5.74, 6) is 0.842. The fourth-order valence-electron chi connectivity index (χ4n) is 2.88. The van der Waals surface area contributed by atoms with Crippen LogP contribution in [0.15, 0.2) is 60.9 Å². The zero-order valence-corrected chi connectivity index (χ0v) is 13.2. The van der Waals surface area contributed by atoms with Gasteiger partial charge in [-0.15, -0.1) is 0 Å². The molecule has 0 bridgehead atoms. The van der Waals surface area contributed by atoms with Gasteiger partial charge in [0.2, 0.25) is 0 Å². The normalized spacial score (nSPS) is 11.0. The molecule has 0 unspecified atom stereocenters. The van der Waals surface area contributed by atoms with Crippen molar-refractivity contribution in [3.8, 4) is 0 Å². The Hall–Kier alpha value is -2.94. The highest BCUT2D eigenvalue weighted by Gasteiger charge is 2.08. The van der Waals surface area contributed by atoms with E-state index in [0.717, 1.165) is 22.4 Å². The second-order valence-corrected chi connectivity index (χ2v) is 5.83. The Morgan fingerprint density at radius 1 is 0.783 bits per heavy atom. The molecule has 1 heterocycles. The minimum absolute atomic E-state index is 0.842. The molecule has 4 rings (SSSR count). The minimum Gasteiger partial charge on any atom is -0.339 e. The zero-order chi connectivity index (χ0) is 15.8. The van der Waals surface area contributed by atoms with Crippen LogP contribution < -0.4 is 5.32 Å². The highest BCUT2D eigenvalue weighted by atomic mass is 15.0. The van der Waals surface area contributed by atoms with Gasteiger partial charge in [-0.1, -0.05) is 36.4 Å². The highest BCUT2D eigenvalue weighted by Crippen LogP contribution is 2.29. The Morgan fingerprint density at radius 3 is 2.48 bits per heavy atom. The summed E-state index contributed by atoms with van der Waals surface area (Å²) in [6.45, 7) is 4.22. The first-order chi connectivity index (χ1) is 11.2. The van der Waals surface area contributed by atoms with Gasteiger partial charge in [0.15, 0.2) is 0 Å². The Morgan fingerprint density at radius 2 is 1.57 bits per heavy atom. The van der Waals surface area contributed by atoms with E-state index in [1.54, 1.807) is 6.33 Å². The van der Waals surface area contributed by atoms with Crippen LogP contribution in [0.4, 0.5) is 11.5 Å². The fourth-order valence-corrected chi connectivity index (χ4v) is 2.88. The molecule has 0 atom stereocenters. The van der Waals surface area contributed by atoms with E-state index in [0.29, 0.717) is 0 Å². The fraction of sp³-hybridized carbons (Fsp3) is 0.100. The molecule has 0 saturated heterocycles. The van der Waals surface area contributed by atoms with E-state index in [1.807, 2.05) is 0 Å². The lowest BCUT2D eigenvalue weighted by atomic mass is 10.1. The Balaban J connectivity index is 1.88. The predicted molar refractivity (Wildman–Crippen MR) is 96.2 cm³/mol. The largest absolute Gasteiger partial charge is 0.339 e. The van der Waals surface area contributed by atoms with Gasteiger partial charge in [-0.05, 0) is 48.6 Å². The van der Waals surface area contributed by atoms with Gasteiger partial charge >= 0.3 is 0 Å². The predicted octanol–water partition coefficient (Wildman–Crippen LogP) is 5.14. The molecule has 112 valence electrons. The second-order valence-electron chi connectivity index (χ2n) is 5.83. The lowest BCUT2D eigenvalue weighted by Crippen LogP contribution is -1.97. The summed E-state index contributed by atoms with van der Waals surface area (Å²) in [6, 6.07) is 18.9. The number of anilines is 2. The van der Waals surface area contributed by atoms with Gasteiger partial charge in [-0.2, -0.15) is 0 Å². The van der Waals surface area contributed by atoms with Crippen molar-refractivity contribution in [3.05, 3.63) is 72.1 Å². The van der Waals surface area contributed by atoms with Crippen LogP contribution in [0.1, 0.15) is 11.1 Å². The van der Waals surface area contributed by atoms with E-state index in [9.17, 15) is 0 Å². The maximum absolute atomic E-state index is 4.46. The molecule has 0 spiro atoms. The van der Waals surface area contributed by atoms with Gasteiger partial charge in [0.1, 0.15) is 12.1 Å². The SMILES string of the molecule is Cc1cc2ncnc(Nc3cccc4ccccc34)c2cc1C. The van der Waals surface area contributed by atoms with Crippen molar-refractivity contribution in [3.63, 3.8) is 0 Å². The van der Waals surface area contributed by atoms with Crippen LogP contribution in [0.5, 0.6) is 0 Å². The van der Waals surface area contributed by atoms with Gasteiger partial charge in [0.25, 0.3) is 0 Å². The van der Waals surface area contributed by atoms with Crippen molar-refractivity contribution in [1.82, 2.24) is 9.97 Å². The number of hydrogen-bond acceptors (Lipinski definition) is 3. The average Bonchev–Trinajstić information content (AvgIpc) is 2.57. The number of hydrogen-bond donors (Lipinski definition) is 1. The molecule has 0 aliphatic rings. The molecule has 0 radical (unpaired) electrons. The average molecular weight is 299 g/mol. The molecule has 1 aromatic heterocycles. The number of nitrogens with zero attached hydrogens (tertiary/aromatic N) is 2. The first-order valence-corrected chi connectivity index (χ1v) is 7.69. The van der Waals surface area contributed by atoms with Crippen LogP contribution in [0.25, 0.3) is 21.7 Å². The lowest BCUT2D eigenvalue weighted by Gasteiger charge is -2.12. The van der Waals surface area contributed by atoms with Crippen LogP contribution >= 0.6 is 0 Å². The third-order valence-corrected chi connectivity index (χ3v) is 4.29. The highest BCUT2D eigenvalue weighted by molar-refractivity contribution is 5.98. The maximum Gasteiger partial charge on any atom is 0.141 e. The molecule has 1 N–H and O–H groups in total. The van der Waals surface area contributed by atoms with Crippen molar-refractivity contribution in [2.24, 2.45) is 0 Å². The first-order valence-electron chi connectivity index (χ1n) is 7.69. The molecule has 3 aromatic carbocycles. The molecular formula is C20H17N3. The van der Waals surface area contributed by atoms with Gasteiger partial charge in [-0.25, -0.2) is 9.97 Å². The van der Waals surface area contributed by atoms with Crippen LogP contribution in [0.2, 0.25) is 0 Å². The lowest BCUT2D eigenvalue weighted by molar-refractivity contribution is 1.21. The molecule has 0 aliphatic heterocycles. The van der Waals surface area contributed by atoms with E-state index in [1.165, 1.54) is 21.9 Å². The number of rotatable bonds is 2. The van der Waals surface area contributed by atoms with Gasteiger partial charge in [0.05, 0.1) is 5.52 Å². The van der Waals surface area contributed by atoms with Crippen molar-refractivity contribution < 1.29 is 0 Å². The number of fused-ring (bicyclic) bond motifs is 2. The third kappa shape index (κ3) is 2.40. The molecule has 0 aliphatic carbocycles. The number of aromatic nitrogens is 2. The van der Waals surface area contributed by atoms with Gasteiger partial charge in [-0.3, -0.25) is 0 Å². The van der Waals surface area contributed by atoms with E-state index >= 15 is 0 Å². The minimum atomic E-state index is 0.842. The smallest absolute Gasteiger partial charge is 0.141 e. The molecular weight excluding hydrogens is 282 g/mol. The monoisotopic (exact) mass is 299 g/mol. The second kappa shape index (κ2) is 5.36. The molecule has 4 aromatic rings. The summed E-state index contributed by atoms with van der Waals surface area (Å²) in [5.41, 5.74) is 4.51. The van der Waals surface area contributed by atoms with Crippen molar-refractivity contribution >= 4 is 33.2 Å². The van der Waals surface area contributed by atoms with E-state index in [-0.39, 0.29) is 0 Å². The molecule has 0 fully saturated rings. The summed E-state index contributed by atoms with van der Waals surface area (Å²) < 4.78 is 0. The molecule has 0 saturated carbocycles. The first kappa shape index (κ1) is 13.7. The van der Waals surface area contributed by atoms with E-state index in [4.69, 9.17) is 0 Å². The van der Waals surface area contributed by atoms with Crippen LogP contribution in [0.3, 0.4) is 0 Å². The number of benzene rings is 3. The van der Waals surface area contributed by atoms with Gasteiger partial charge < -0.3 is 5.32 Å². The van der Waals surface area contributed by atoms with Crippen LogP contribution in [-0.2, 0) is 0 Å².